The van der Waals surface area contributed by atoms with Gasteiger partial charge < -0.3 is 14.2 Å². The summed E-state index contributed by atoms with van der Waals surface area (Å²) in [6.45, 7) is 6.51. The molecule has 0 spiro atoms. The molecule has 1 atom stereocenters. The maximum absolute atomic E-state index is 12.8. The Kier molecular flexibility index (Phi) is 5.30. The molecule has 0 aliphatic carbocycles. The molecule has 24 heavy (non-hydrogen) atoms. The van der Waals surface area contributed by atoms with Crippen LogP contribution in [0.4, 0.5) is 0 Å². The van der Waals surface area contributed by atoms with Crippen LogP contribution in [-0.4, -0.2) is 33.5 Å². The normalized spacial score (nSPS) is 17.6. The number of hydrogen-bond acceptors (Lipinski definition) is 3. The van der Waals surface area contributed by atoms with E-state index >= 15 is 0 Å². The fraction of sp³-hybridized carbons (Fsp3) is 0.474. The molecule has 5 heteroatoms. The van der Waals surface area contributed by atoms with Crippen LogP contribution in [0.1, 0.15) is 37.7 Å². The van der Waals surface area contributed by atoms with Gasteiger partial charge in [-0.25, -0.2) is 4.98 Å². The quantitative estimate of drug-likeness (QED) is 0.848. The molecular formula is C19H25N3O2. The van der Waals surface area contributed by atoms with Crippen LogP contribution in [0.5, 0.6) is 0 Å². The minimum absolute atomic E-state index is 0.00956. The van der Waals surface area contributed by atoms with Crippen LogP contribution in [0.15, 0.2) is 42.7 Å². The second kappa shape index (κ2) is 7.62. The number of imidazole rings is 1. The van der Waals surface area contributed by atoms with Crippen molar-refractivity contribution in [2.24, 2.45) is 5.92 Å². The van der Waals surface area contributed by atoms with Crippen LogP contribution in [0.25, 0.3) is 0 Å². The van der Waals surface area contributed by atoms with Gasteiger partial charge in [0.15, 0.2) is 0 Å². The van der Waals surface area contributed by atoms with Crippen LogP contribution in [0, 0.1) is 5.92 Å². The molecule has 0 saturated carbocycles. The third-order valence-corrected chi connectivity index (χ3v) is 4.43. The van der Waals surface area contributed by atoms with Crippen molar-refractivity contribution in [3.8, 4) is 0 Å². The molecule has 0 saturated heterocycles. The van der Waals surface area contributed by atoms with Gasteiger partial charge in [-0.05, 0) is 17.9 Å². The van der Waals surface area contributed by atoms with E-state index in [1.165, 1.54) is 0 Å². The van der Waals surface area contributed by atoms with Crippen molar-refractivity contribution in [3.05, 3.63) is 54.1 Å². The fourth-order valence-electron chi connectivity index (χ4n) is 3.32. The van der Waals surface area contributed by atoms with Gasteiger partial charge in [0, 0.05) is 25.5 Å². The van der Waals surface area contributed by atoms with Crippen LogP contribution >= 0.6 is 0 Å². The summed E-state index contributed by atoms with van der Waals surface area (Å²) >= 11 is 0. The number of hydrogen-bond donors (Lipinski definition) is 0. The number of fused-ring (bicyclic) bond motifs is 1. The number of carbonyl (C=O) groups is 1. The summed E-state index contributed by atoms with van der Waals surface area (Å²) in [4.78, 5) is 19.2. The number of benzene rings is 1. The highest BCUT2D eigenvalue weighted by Crippen LogP contribution is 2.30. The molecule has 0 bridgehead atoms. The number of carbonyl (C=O) groups excluding carboxylic acids is 1. The van der Waals surface area contributed by atoms with Crippen LogP contribution in [0.3, 0.4) is 0 Å². The number of aryl methyl sites for hydroxylation is 1. The van der Waals surface area contributed by atoms with E-state index in [-0.39, 0.29) is 18.6 Å². The monoisotopic (exact) mass is 327 g/mol. The molecule has 2 aromatic rings. The summed E-state index contributed by atoms with van der Waals surface area (Å²) < 4.78 is 7.82. The van der Waals surface area contributed by atoms with Gasteiger partial charge in [0.1, 0.15) is 12.4 Å². The van der Waals surface area contributed by atoms with E-state index in [0.717, 1.165) is 30.9 Å². The maximum atomic E-state index is 12.8. The van der Waals surface area contributed by atoms with Crippen molar-refractivity contribution in [2.45, 2.75) is 39.5 Å². The Bertz CT molecular complexity index is 666. The number of amides is 1. The first-order valence-electron chi connectivity index (χ1n) is 8.59. The lowest BCUT2D eigenvalue weighted by atomic mass is 10.0. The molecule has 1 aliphatic heterocycles. The second-order valence-electron chi connectivity index (χ2n) is 6.59. The van der Waals surface area contributed by atoms with Gasteiger partial charge in [-0.3, -0.25) is 4.79 Å². The van der Waals surface area contributed by atoms with Gasteiger partial charge in [-0.1, -0.05) is 44.2 Å². The van der Waals surface area contributed by atoms with Gasteiger partial charge in [0.2, 0.25) is 5.91 Å². The predicted octanol–water partition coefficient (Wildman–Crippen LogP) is 3.03. The molecule has 1 aromatic heterocycles. The van der Waals surface area contributed by atoms with Crippen molar-refractivity contribution < 1.29 is 9.53 Å². The minimum Gasteiger partial charge on any atom is -0.367 e. The van der Waals surface area contributed by atoms with Crippen molar-refractivity contribution in [2.75, 3.05) is 13.2 Å². The van der Waals surface area contributed by atoms with Crippen LogP contribution in [-0.2, 0) is 22.7 Å². The summed E-state index contributed by atoms with van der Waals surface area (Å²) in [6, 6.07) is 9.94. The lowest BCUT2D eigenvalue weighted by Gasteiger charge is -2.32. The zero-order valence-electron chi connectivity index (χ0n) is 14.4. The first-order valence-corrected chi connectivity index (χ1v) is 8.59. The molecule has 128 valence electrons. The lowest BCUT2D eigenvalue weighted by Crippen LogP contribution is -2.40. The Morgan fingerprint density at radius 3 is 2.83 bits per heavy atom. The van der Waals surface area contributed by atoms with E-state index in [4.69, 9.17) is 4.74 Å². The van der Waals surface area contributed by atoms with E-state index in [1.807, 2.05) is 47.6 Å². The van der Waals surface area contributed by atoms with Crippen LogP contribution < -0.4 is 0 Å². The largest absolute Gasteiger partial charge is 0.367 e. The summed E-state index contributed by atoms with van der Waals surface area (Å²) in [5, 5.41) is 0. The minimum atomic E-state index is 0.00956. The fourth-order valence-corrected chi connectivity index (χ4v) is 3.32. The molecule has 0 fully saturated rings. The number of ether oxygens (including phenoxy) is 1. The highest BCUT2D eigenvalue weighted by Gasteiger charge is 2.32. The zero-order chi connectivity index (χ0) is 16.9. The third-order valence-electron chi connectivity index (χ3n) is 4.43. The molecule has 3 rings (SSSR count). The second-order valence-corrected chi connectivity index (χ2v) is 6.59. The van der Waals surface area contributed by atoms with Crippen molar-refractivity contribution >= 4 is 5.91 Å². The highest BCUT2D eigenvalue weighted by atomic mass is 16.5. The maximum Gasteiger partial charge on any atom is 0.249 e. The van der Waals surface area contributed by atoms with Gasteiger partial charge in [-0.2, -0.15) is 0 Å². The van der Waals surface area contributed by atoms with Crippen LogP contribution in [0.2, 0.25) is 0 Å². The number of rotatable bonds is 5. The lowest BCUT2D eigenvalue weighted by molar-refractivity contribution is -0.140. The Balaban J connectivity index is 1.66. The molecule has 2 heterocycles. The van der Waals surface area contributed by atoms with E-state index in [0.29, 0.717) is 12.5 Å². The molecule has 1 amide bonds. The zero-order valence-corrected chi connectivity index (χ0v) is 14.4. The first kappa shape index (κ1) is 16.7. The molecule has 1 aromatic carbocycles. The molecule has 5 nitrogen and oxygen atoms in total. The standard InChI is InChI=1S/C19H25N3O2/c1-15(2)18-19-20-9-12-21(19)10-6-11-22(18)17(23)14-24-13-16-7-4-3-5-8-16/h3-5,7-9,12,15,18H,6,10-11,13-14H2,1-2H3. The number of nitrogens with zero attached hydrogens (tertiary/aromatic N) is 3. The van der Waals surface area contributed by atoms with Crippen molar-refractivity contribution in [1.82, 2.24) is 14.5 Å². The Morgan fingerprint density at radius 1 is 1.29 bits per heavy atom. The highest BCUT2D eigenvalue weighted by molar-refractivity contribution is 5.78. The predicted molar refractivity (Wildman–Crippen MR) is 92.2 cm³/mol. The van der Waals surface area contributed by atoms with E-state index in [9.17, 15) is 4.79 Å². The van der Waals surface area contributed by atoms with Gasteiger partial charge in [-0.15, -0.1) is 0 Å². The van der Waals surface area contributed by atoms with E-state index in [1.54, 1.807) is 0 Å². The topological polar surface area (TPSA) is 47.4 Å². The smallest absolute Gasteiger partial charge is 0.249 e. The summed E-state index contributed by atoms with van der Waals surface area (Å²) in [6.07, 6.45) is 4.77. The van der Waals surface area contributed by atoms with Crippen molar-refractivity contribution in [1.29, 1.82) is 0 Å². The Morgan fingerprint density at radius 2 is 2.08 bits per heavy atom. The third kappa shape index (κ3) is 3.67. The van der Waals surface area contributed by atoms with E-state index < -0.39 is 0 Å². The average Bonchev–Trinajstić information content (AvgIpc) is 2.94. The first-order chi connectivity index (χ1) is 11.7. The van der Waals surface area contributed by atoms with Gasteiger partial charge >= 0.3 is 0 Å². The molecule has 1 aliphatic rings. The van der Waals surface area contributed by atoms with E-state index in [2.05, 4.69) is 23.4 Å². The van der Waals surface area contributed by atoms with Gasteiger partial charge in [0.05, 0.1) is 12.6 Å². The molecular weight excluding hydrogens is 302 g/mol. The van der Waals surface area contributed by atoms with Crippen molar-refractivity contribution in [3.63, 3.8) is 0 Å². The average molecular weight is 327 g/mol. The number of aromatic nitrogens is 2. The summed E-state index contributed by atoms with van der Waals surface area (Å²) in [5.74, 6) is 1.34. The molecule has 1 unspecified atom stereocenters. The molecule has 0 N–H and O–H groups in total. The summed E-state index contributed by atoms with van der Waals surface area (Å²) in [5.41, 5.74) is 1.08. The molecule has 0 radical (unpaired) electrons. The Labute approximate surface area is 143 Å². The summed E-state index contributed by atoms with van der Waals surface area (Å²) in [7, 11) is 0. The van der Waals surface area contributed by atoms with Gasteiger partial charge in [0.25, 0.3) is 0 Å². The Hall–Kier alpha value is -2.14. The SMILES string of the molecule is CC(C)C1c2nccn2CCCN1C(=O)COCc1ccccc1.